The molecule has 4 nitrogen and oxygen atoms in total. The Morgan fingerprint density at radius 3 is 2.48 bits per heavy atom. The van der Waals surface area contributed by atoms with Gasteiger partial charge in [0.1, 0.15) is 0 Å². The normalized spacial score (nSPS) is 14.7. The lowest BCUT2D eigenvalue weighted by Gasteiger charge is -2.28. The predicted octanol–water partition coefficient (Wildman–Crippen LogP) is 3.19. The van der Waals surface area contributed by atoms with Crippen molar-refractivity contribution in [3.05, 3.63) is 23.8 Å². The van der Waals surface area contributed by atoms with E-state index in [1.165, 1.54) is 18.4 Å². The monoisotopic (exact) mass is 292 g/mol. The second kappa shape index (κ2) is 8.25. The fraction of sp³-hybridized carbons (Fsp3) is 0.647. The lowest BCUT2D eigenvalue weighted by atomic mass is 10.0. The molecule has 0 radical (unpaired) electrons. The molecule has 1 heterocycles. The number of hydrogen-bond donors (Lipinski definition) is 1. The van der Waals surface area contributed by atoms with E-state index in [1.54, 1.807) is 0 Å². The van der Waals surface area contributed by atoms with Crippen LogP contribution in [0.25, 0.3) is 0 Å². The lowest BCUT2D eigenvalue weighted by Crippen LogP contribution is -2.36. The zero-order valence-corrected chi connectivity index (χ0v) is 13.5. The maximum absolute atomic E-state index is 5.50. The fourth-order valence-corrected chi connectivity index (χ4v) is 2.85. The Bertz CT molecular complexity index is 431. The first-order valence-corrected chi connectivity index (χ1v) is 8.13. The van der Waals surface area contributed by atoms with E-state index in [1.807, 2.05) is 6.07 Å². The number of nitrogens with zero attached hydrogens (tertiary/aromatic N) is 1. The molecule has 1 aromatic carbocycles. The van der Waals surface area contributed by atoms with Crippen molar-refractivity contribution in [3.63, 3.8) is 0 Å². The highest BCUT2D eigenvalue weighted by Gasteiger charge is 2.19. The molecule has 21 heavy (non-hydrogen) atoms. The van der Waals surface area contributed by atoms with E-state index in [0.717, 1.165) is 37.7 Å². The molecule has 1 atom stereocenters. The first kappa shape index (κ1) is 16.1. The molecule has 1 N–H and O–H groups in total. The van der Waals surface area contributed by atoms with E-state index in [2.05, 4.69) is 43.1 Å². The molecule has 1 aliphatic heterocycles. The van der Waals surface area contributed by atoms with Crippen LogP contribution in [0.5, 0.6) is 11.5 Å². The van der Waals surface area contributed by atoms with Gasteiger partial charge in [0.2, 0.25) is 6.79 Å². The molecule has 2 rings (SSSR count). The van der Waals surface area contributed by atoms with Crippen LogP contribution in [0, 0.1) is 0 Å². The average Bonchev–Trinajstić information content (AvgIpc) is 2.94. The van der Waals surface area contributed by atoms with Crippen molar-refractivity contribution in [1.29, 1.82) is 0 Å². The Morgan fingerprint density at radius 1 is 1.10 bits per heavy atom. The number of ether oxygens (including phenoxy) is 2. The highest BCUT2D eigenvalue weighted by molar-refractivity contribution is 5.45. The van der Waals surface area contributed by atoms with Gasteiger partial charge in [-0.1, -0.05) is 26.8 Å². The molecule has 4 heteroatoms. The molecule has 0 bridgehead atoms. The summed E-state index contributed by atoms with van der Waals surface area (Å²) in [4.78, 5) is 2.54. The van der Waals surface area contributed by atoms with Crippen LogP contribution in [0.2, 0.25) is 0 Å². The molecule has 1 aromatic rings. The van der Waals surface area contributed by atoms with Crippen molar-refractivity contribution in [2.75, 3.05) is 33.0 Å². The number of hydrogen-bond acceptors (Lipinski definition) is 4. The van der Waals surface area contributed by atoms with Crippen molar-refractivity contribution in [1.82, 2.24) is 10.2 Å². The summed E-state index contributed by atoms with van der Waals surface area (Å²) in [6.45, 7) is 11.3. The van der Waals surface area contributed by atoms with Gasteiger partial charge in [0.25, 0.3) is 0 Å². The molecular formula is C17H28N2O2. The number of rotatable bonds is 9. The van der Waals surface area contributed by atoms with Crippen LogP contribution < -0.4 is 14.8 Å². The third kappa shape index (κ3) is 4.35. The largest absolute Gasteiger partial charge is 0.454 e. The minimum atomic E-state index is 0.336. The first-order chi connectivity index (χ1) is 10.3. The maximum atomic E-state index is 5.50. The predicted molar refractivity (Wildman–Crippen MR) is 86.0 cm³/mol. The Kier molecular flexibility index (Phi) is 6.33. The van der Waals surface area contributed by atoms with E-state index in [9.17, 15) is 0 Å². The summed E-state index contributed by atoms with van der Waals surface area (Å²) >= 11 is 0. The van der Waals surface area contributed by atoms with Crippen LogP contribution in [0.3, 0.4) is 0 Å². The Balaban J connectivity index is 2.10. The highest BCUT2D eigenvalue weighted by atomic mass is 16.7. The molecule has 0 amide bonds. The van der Waals surface area contributed by atoms with Gasteiger partial charge in [0.05, 0.1) is 0 Å². The van der Waals surface area contributed by atoms with Crippen LogP contribution in [0.1, 0.15) is 45.2 Å². The van der Waals surface area contributed by atoms with Crippen molar-refractivity contribution in [2.45, 2.75) is 39.7 Å². The first-order valence-electron chi connectivity index (χ1n) is 8.13. The van der Waals surface area contributed by atoms with E-state index < -0.39 is 0 Å². The van der Waals surface area contributed by atoms with E-state index in [0.29, 0.717) is 12.8 Å². The summed E-state index contributed by atoms with van der Waals surface area (Å²) in [5.74, 6) is 1.72. The summed E-state index contributed by atoms with van der Waals surface area (Å²) < 4.78 is 10.9. The molecule has 118 valence electrons. The summed E-state index contributed by atoms with van der Waals surface area (Å²) in [6.07, 6.45) is 2.39. The quantitative estimate of drug-likeness (QED) is 0.758. The van der Waals surface area contributed by atoms with E-state index in [4.69, 9.17) is 9.47 Å². The lowest BCUT2D eigenvalue weighted by molar-refractivity contribution is 0.174. The second-order valence-electron chi connectivity index (χ2n) is 5.52. The molecule has 0 aliphatic carbocycles. The van der Waals surface area contributed by atoms with Gasteiger partial charge >= 0.3 is 0 Å². The molecule has 0 saturated heterocycles. The second-order valence-corrected chi connectivity index (χ2v) is 5.52. The van der Waals surface area contributed by atoms with E-state index in [-0.39, 0.29) is 0 Å². The summed E-state index contributed by atoms with van der Waals surface area (Å²) in [5, 5.41) is 3.60. The van der Waals surface area contributed by atoms with Gasteiger partial charge < -0.3 is 19.7 Å². The topological polar surface area (TPSA) is 33.7 Å². The Hall–Kier alpha value is -1.26. The SMILES string of the molecule is CCCN(CCC)CC(NCC)c1ccc2c(c1)OCO2. The number of benzene rings is 1. The van der Waals surface area contributed by atoms with Crippen LogP contribution in [0.15, 0.2) is 18.2 Å². The third-order valence-corrected chi connectivity index (χ3v) is 3.77. The molecule has 0 spiro atoms. The zero-order chi connectivity index (χ0) is 15.1. The third-order valence-electron chi connectivity index (χ3n) is 3.77. The van der Waals surface area contributed by atoms with Gasteiger partial charge in [-0.15, -0.1) is 0 Å². The smallest absolute Gasteiger partial charge is 0.231 e. The summed E-state index contributed by atoms with van der Waals surface area (Å²) in [5.41, 5.74) is 1.28. The fourth-order valence-electron chi connectivity index (χ4n) is 2.85. The molecule has 0 saturated carbocycles. The van der Waals surface area contributed by atoms with Crippen molar-refractivity contribution in [3.8, 4) is 11.5 Å². The molecule has 0 aromatic heterocycles. The van der Waals surface area contributed by atoms with Crippen molar-refractivity contribution >= 4 is 0 Å². The maximum Gasteiger partial charge on any atom is 0.231 e. The van der Waals surface area contributed by atoms with Crippen LogP contribution in [-0.4, -0.2) is 37.9 Å². The highest BCUT2D eigenvalue weighted by Crippen LogP contribution is 2.34. The summed E-state index contributed by atoms with van der Waals surface area (Å²) in [6, 6.07) is 6.62. The minimum absolute atomic E-state index is 0.336. The Labute approximate surface area is 128 Å². The minimum Gasteiger partial charge on any atom is -0.454 e. The van der Waals surface area contributed by atoms with Crippen LogP contribution in [-0.2, 0) is 0 Å². The van der Waals surface area contributed by atoms with Gasteiger partial charge in [0, 0.05) is 12.6 Å². The van der Waals surface area contributed by atoms with Gasteiger partial charge in [-0.2, -0.15) is 0 Å². The molecule has 0 fully saturated rings. The van der Waals surface area contributed by atoms with Gasteiger partial charge in [-0.3, -0.25) is 0 Å². The van der Waals surface area contributed by atoms with Gasteiger partial charge in [-0.05, 0) is 50.2 Å². The van der Waals surface area contributed by atoms with Crippen LogP contribution in [0.4, 0.5) is 0 Å². The molecule has 1 unspecified atom stereocenters. The summed E-state index contributed by atoms with van der Waals surface area (Å²) in [7, 11) is 0. The zero-order valence-electron chi connectivity index (χ0n) is 13.5. The molecular weight excluding hydrogens is 264 g/mol. The standard InChI is InChI=1S/C17H28N2O2/c1-4-9-19(10-5-2)12-15(18-6-3)14-7-8-16-17(11-14)21-13-20-16/h7-8,11,15,18H,4-6,9-10,12-13H2,1-3H3. The number of likely N-dealkylation sites (N-methyl/N-ethyl adjacent to an activating group) is 1. The van der Waals surface area contributed by atoms with Gasteiger partial charge in [-0.25, -0.2) is 0 Å². The van der Waals surface area contributed by atoms with Crippen molar-refractivity contribution in [2.24, 2.45) is 0 Å². The van der Waals surface area contributed by atoms with Crippen molar-refractivity contribution < 1.29 is 9.47 Å². The molecule has 1 aliphatic rings. The van der Waals surface area contributed by atoms with Gasteiger partial charge in [0.15, 0.2) is 11.5 Å². The average molecular weight is 292 g/mol. The number of fused-ring (bicyclic) bond motifs is 1. The Morgan fingerprint density at radius 2 is 1.81 bits per heavy atom. The van der Waals surface area contributed by atoms with Crippen LogP contribution >= 0.6 is 0 Å². The number of nitrogens with one attached hydrogen (secondary N) is 1. The van der Waals surface area contributed by atoms with E-state index >= 15 is 0 Å².